The van der Waals surface area contributed by atoms with Crippen LogP contribution in [0.5, 0.6) is 5.88 Å². The van der Waals surface area contributed by atoms with Crippen LogP contribution in [0.1, 0.15) is 32.6 Å². The molecule has 2 aromatic rings. The fourth-order valence-electron chi connectivity index (χ4n) is 3.60. The van der Waals surface area contributed by atoms with Crippen molar-refractivity contribution in [1.29, 1.82) is 0 Å². The molecule has 0 bridgehead atoms. The van der Waals surface area contributed by atoms with E-state index in [9.17, 15) is 8.42 Å². The molecule has 0 spiro atoms. The van der Waals surface area contributed by atoms with Crippen molar-refractivity contribution in [2.75, 3.05) is 42.7 Å². The molecule has 3 rings (SSSR count). The number of pyridine rings is 2. The van der Waals surface area contributed by atoms with Crippen LogP contribution in [0, 0.1) is 0 Å². The number of likely N-dealkylation sites (N-methyl/N-ethyl adjacent to an activating group) is 1. The minimum Gasteiger partial charge on any atom is -0.474 e. The van der Waals surface area contributed by atoms with Gasteiger partial charge in [0.05, 0.1) is 35.6 Å². The Kier molecular flexibility index (Phi) is 7.32. The van der Waals surface area contributed by atoms with Crippen LogP contribution in [0.15, 0.2) is 18.3 Å². The van der Waals surface area contributed by atoms with Crippen molar-refractivity contribution in [3.05, 3.63) is 18.3 Å². The van der Waals surface area contributed by atoms with Gasteiger partial charge in [-0.25, -0.2) is 8.42 Å². The summed E-state index contributed by atoms with van der Waals surface area (Å²) in [6, 6.07) is 3.83. The highest BCUT2D eigenvalue weighted by molar-refractivity contribution is 7.92. The maximum Gasteiger partial charge on any atom is 0.229 e. The molecule has 0 saturated heterocycles. The van der Waals surface area contributed by atoms with Gasteiger partial charge in [-0.15, -0.1) is 0 Å². The first-order chi connectivity index (χ1) is 14.3. The van der Waals surface area contributed by atoms with E-state index in [2.05, 4.69) is 21.5 Å². The van der Waals surface area contributed by atoms with Crippen LogP contribution < -0.4 is 20.1 Å². The normalized spacial score (nSPS) is 19.6. The summed E-state index contributed by atoms with van der Waals surface area (Å²) in [6.45, 7) is 4.08. The van der Waals surface area contributed by atoms with Crippen LogP contribution in [0.4, 0.5) is 11.5 Å². The molecule has 0 atom stereocenters. The van der Waals surface area contributed by atoms with E-state index in [-0.39, 0.29) is 12.1 Å². The average molecular weight is 438 g/mol. The van der Waals surface area contributed by atoms with Gasteiger partial charge in [0.1, 0.15) is 11.9 Å². The van der Waals surface area contributed by atoms with Crippen molar-refractivity contribution in [2.45, 2.75) is 44.8 Å². The van der Waals surface area contributed by atoms with Gasteiger partial charge in [0.2, 0.25) is 15.9 Å². The van der Waals surface area contributed by atoms with E-state index in [1.54, 1.807) is 13.2 Å². The largest absolute Gasteiger partial charge is 0.474 e. The lowest BCUT2D eigenvalue weighted by Gasteiger charge is -2.28. The lowest BCUT2D eigenvalue weighted by Crippen LogP contribution is -2.32. The Balaban J connectivity index is 2.00. The molecule has 166 valence electrons. The lowest BCUT2D eigenvalue weighted by molar-refractivity contribution is 0.143. The number of anilines is 2. The number of methoxy groups -OCH3 is 1. The molecule has 30 heavy (non-hydrogen) atoms. The predicted octanol–water partition coefficient (Wildman–Crippen LogP) is 2.12. The van der Waals surface area contributed by atoms with Gasteiger partial charge >= 0.3 is 0 Å². The number of aromatic nitrogens is 2. The first kappa shape index (κ1) is 22.5. The summed E-state index contributed by atoms with van der Waals surface area (Å²) in [4.78, 5) is 11.3. The predicted molar refractivity (Wildman–Crippen MR) is 119 cm³/mol. The quantitative estimate of drug-likeness (QED) is 0.612. The van der Waals surface area contributed by atoms with Gasteiger partial charge < -0.3 is 20.1 Å². The van der Waals surface area contributed by atoms with Crippen LogP contribution in [0.3, 0.4) is 0 Å². The van der Waals surface area contributed by atoms with Gasteiger partial charge in [-0.1, -0.05) is 0 Å². The lowest BCUT2D eigenvalue weighted by atomic mass is 9.94. The summed E-state index contributed by atoms with van der Waals surface area (Å²) in [5.41, 5.74) is 7.09. The summed E-state index contributed by atoms with van der Waals surface area (Å²) >= 11 is 0. The summed E-state index contributed by atoms with van der Waals surface area (Å²) in [5.74, 6) is 1.21. The van der Waals surface area contributed by atoms with E-state index in [4.69, 9.17) is 20.2 Å². The zero-order valence-electron chi connectivity index (χ0n) is 17.8. The molecule has 9 nitrogen and oxygen atoms in total. The SMILES string of the molecule is CCN(CCOC)c1cc2ncc(NS(C)(=O)=O)cc2c(OC2CCC(N)CC2)n1. The molecular weight excluding hydrogens is 406 g/mol. The molecule has 2 aromatic heterocycles. The molecule has 0 amide bonds. The number of fused-ring (bicyclic) bond motifs is 1. The van der Waals surface area contributed by atoms with Crippen LogP contribution in [-0.4, -0.2) is 63.6 Å². The molecule has 0 aliphatic heterocycles. The van der Waals surface area contributed by atoms with E-state index < -0.39 is 10.0 Å². The summed E-state index contributed by atoms with van der Waals surface area (Å²) in [6.07, 6.45) is 6.19. The maximum atomic E-state index is 11.6. The van der Waals surface area contributed by atoms with Crippen LogP contribution in [-0.2, 0) is 14.8 Å². The Morgan fingerprint density at radius 2 is 2.00 bits per heavy atom. The number of hydrogen-bond acceptors (Lipinski definition) is 8. The number of ether oxygens (including phenoxy) is 2. The van der Waals surface area contributed by atoms with Crippen molar-refractivity contribution in [3.8, 4) is 5.88 Å². The third-order valence-electron chi connectivity index (χ3n) is 5.20. The van der Waals surface area contributed by atoms with E-state index >= 15 is 0 Å². The molecule has 0 aromatic carbocycles. The molecule has 2 heterocycles. The van der Waals surface area contributed by atoms with E-state index in [0.29, 0.717) is 35.6 Å². The van der Waals surface area contributed by atoms with E-state index in [1.807, 2.05) is 6.07 Å². The molecule has 1 aliphatic rings. The number of rotatable bonds is 9. The van der Waals surface area contributed by atoms with Crippen LogP contribution in [0.25, 0.3) is 10.9 Å². The monoisotopic (exact) mass is 437 g/mol. The molecule has 0 radical (unpaired) electrons. The van der Waals surface area contributed by atoms with Gasteiger partial charge in [0.15, 0.2) is 0 Å². The fourth-order valence-corrected chi connectivity index (χ4v) is 4.14. The topological polar surface area (TPSA) is 120 Å². The number of hydrogen-bond donors (Lipinski definition) is 2. The van der Waals surface area contributed by atoms with Gasteiger partial charge in [-0.05, 0) is 38.7 Å². The minimum absolute atomic E-state index is 0.0244. The number of nitrogens with one attached hydrogen (secondary N) is 1. The standard InChI is InChI=1S/C20H31N5O4S/c1-4-25(9-10-28-2)19-12-18-17(11-15(13-22-18)24-30(3,26)27)20(23-19)29-16-7-5-14(21)6-8-16/h11-14,16,24H,4-10,21H2,1-3H3. The molecule has 1 aliphatic carbocycles. The third kappa shape index (κ3) is 5.93. The molecule has 0 unspecified atom stereocenters. The second-order valence-electron chi connectivity index (χ2n) is 7.68. The zero-order chi connectivity index (χ0) is 21.7. The summed E-state index contributed by atoms with van der Waals surface area (Å²) in [7, 11) is -1.75. The fraction of sp³-hybridized carbons (Fsp3) is 0.600. The Labute approximate surface area is 178 Å². The molecule has 3 N–H and O–H groups in total. The highest BCUT2D eigenvalue weighted by Gasteiger charge is 2.22. The average Bonchev–Trinajstić information content (AvgIpc) is 2.69. The Morgan fingerprint density at radius 3 is 2.63 bits per heavy atom. The van der Waals surface area contributed by atoms with Crippen molar-refractivity contribution in [2.24, 2.45) is 5.73 Å². The Hall–Kier alpha value is -2.17. The second-order valence-corrected chi connectivity index (χ2v) is 9.43. The van der Waals surface area contributed by atoms with Crippen molar-refractivity contribution >= 4 is 32.4 Å². The maximum absolute atomic E-state index is 11.6. The molecule has 1 saturated carbocycles. The second kappa shape index (κ2) is 9.76. The smallest absolute Gasteiger partial charge is 0.229 e. The van der Waals surface area contributed by atoms with Gasteiger partial charge in [0, 0.05) is 32.3 Å². The number of nitrogens with two attached hydrogens (primary N) is 1. The molecular formula is C20H31N5O4S. The molecule has 1 fully saturated rings. The third-order valence-corrected chi connectivity index (χ3v) is 5.81. The highest BCUT2D eigenvalue weighted by Crippen LogP contribution is 2.32. The number of nitrogens with zero attached hydrogens (tertiary/aromatic N) is 3. The van der Waals surface area contributed by atoms with Gasteiger partial charge in [-0.3, -0.25) is 9.71 Å². The summed E-state index contributed by atoms with van der Waals surface area (Å²) < 4.78 is 37.3. The first-order valence-corrected chi connectivity index (χ1v) is 12.1. The minimum atomic E-state index is -3.42. The van der Waals surface area contributed by atoms with E-state index in [0.717, 1.165) is 44.3 Å². The van der Waals surface area contributed by atoms with Crippen molar-refractivity contribution in [3.63, 3.8) is 0 Å². The Morgan fingerprint density at radius 1 is 1.27 bits per heavy atom. The zero-order valence-corrected chi connectivity index (χ0v) is 18.6. The van der Waals surface area contributed by atoms with Gasteiger partial charge in [0.25, 0.3) is 0 Å². The number of sulfonamides is 1. The van der Waals surface area contributed by atoms with Crippen LogP contribution in [0.2, 0.25) is 0 Å². The van der Waals surface area contributed by atoms with Crippen molar-refractivity contribution < 1.29 is 17.9 Å². The summed E-state index contributed by atoms with van der Waals surface area (Å²) in [5, 5.41) is 0.671. The Bertz CT molecular complexity index is 961. The van der Waals surface area contributed by atoms with Crippen LogP contribution >= 0.6 is 0 Å². The first-order valence-electron chi connectivity index (χ1n) is 10.2. The van der Waals surface area contributed by atoms with E-state index in [1.165, 1.54) is 6.20 Å². The molecule has 10 heteroatoms. The highest BCUT2D eigenvalue weighted by atomic mass is 32.2. The van der Waals surface area contributed by atoms with Gasteiger partial charge in [-0.2, -0.15) is 4.98 Å². The van der Waals surface area contributed by atoms with Crippen molar-refractivity contribution in [1.82, 2.24) is 9.97 Å².